The third-order valence-electron chi connectivity index (χ3n) is 6.88. The molecule has 0 amide bonds. The number of rotatable bonds is 13. The summed E-state index contributed by atoms with van der Waals surface area (Å²) in [5, 5.41) is 0. The molecular weight excluding hydrogens is 672 g/mol. The zero-order valence-electron chi connectivity index (χ0n) is 28.4. The highest BCUT2D eigenvalue weighted by atomic mass is 16.8. The Balaban J connectivity index is 2.16. The zero-order chi connectivity index (χ0) is 37.1. The van der Waals surface area contributed by atoms with E-state index < -0.39 is 116 Å². The zero-order valence-corrected chi connectivity index (χ0v) is 28.4. The molecule has 2 heterocycles. The van der Waals surface area contributed by atoms with E-state index in [2.05, 4.69) is 0 Å². The Bertz CT molecular complexity index is 1380. The van der Waals surface area contributed by atoms with Gasteiger partial charge < -0.3 is 52.1 Å². The van der Waals surface area contributed by atoms with Crippen LogP contribution in [0.1, 0.15) is 48.5 Å². The topological polar surface area (TPSA) is 221 Å². The molecule has 0 N–H and O–H groups in total. The van der Waals surface area contributed by atoms with Crippen molar-refractivity contribution in [3.63, 3.8) is 0 Å². The van der Waals surface area contributed by atoms with E-state index in [1.54, 1.807) is 30.3 Å². The van der Waals surface area contributed by atoms with Crippen molar-refractivity contribution in [3.05, 3.63) is 30.3 Å². The van der Waals surface area contributed by atoms with Gasteiger partial charge in [0.05, 0.1) is 0 Å². The molecule has 50 heavy (non-hydrogen) atoms. The molecular formula is C32H40O18. The van der Waals surface area contributed by atoms with Gasteiger partial charge in [0.15, 0.2) is 30.7 Å². The van der Waals surface area contributed by atoms with E-state index in [-0.39, 0.29) is 5.75 Å². The van der Waals surface area contributed by atoms with Crippen LogP contribution in [0.2, 0.25) is 0 Å². The lowest BCUT2D eigenvalue weighted by molar-refractivity contribution is -0.354. The summed E-state index contributed by atoms with van der Waals surface area (Å²) in [7, 11) is 0. The molecule has 0 bridgehead atoms. The van der Waals surface area contributed by atoms with Crippen molar-refractivity contribution in [2.45, 2.75) is 110 Å². The lowest BCUT2D eigenvalue weighted by atomic mass is 9.96. The van der Waals surface area contributed by atoms with Crippen LogP contribution < -0.4 is 4.74 Å². The molecule has 0 saturated carbocycles. The fraction of sp³-hybridized carbons (Fsp3) is 0.594. The van der Waals surface area contributed by atoms with Crippen molar-refractivity contribution >= 4 is 41.8 Å². The second kappa shape index (κ2) is 18.3. The van der Waals surface area contributed by atoms with Crippen molar-refractivity contribution in [2.75, 3.05) is 13.2 Å². The van der Waals surface area contributed by atoms with Crippen LogP contribution in [0.4, 0.5) is 0 Å². The van der Waals surface area contributed by atoms with E-state index in [0.29, 0.717) is 0 Å². The fourth-order valence-electron chi connectivity index (χ4n) is 5.20. The summed E-state index contributed by atoms with van der Waals surface area (Å²) in [5.74, 6) is -5.56. The molecule has 18 heteroatoms. The first-order valence-corrected chi connectivity index (χ1v) is 15.4. The van der Waals surface area contributed by atoms with Gasteiger partial charge in [-0.1, -0.05) is 18.2 Å². The van der Waals surface area contributed by atoms with Crippen LogP contribution in [0.15, 0.2) is 30.3 Å². The van der Waals surface area contributed by atoms with Crippen LogP contribution in [0.25, 0.3) is 0 Å². The third-order valence-corrected chi connectivity index (χ3v) is 6.88. The minimum absolute atomic E-state index is 0.265. The number of esters is 7. The molecule has 10 atom stereocenters. The predicted octanol–water partition coefficient (Wildman–Crippen LogP) is 0.685. The summed E-state index contributed by atoms with van der Waals surface area (Å²) in [6, 6.07) is 8.21. The van der Waals surface area contributed by atoms with Crippen molar-refractivity contribution in [1.82, 2.24) is 0 Å². The van der Waals surface area contributed by atoms with Crippen LogP contribution in [0.3, 0.4) is 0 Å². The van der Waals surface area contributed by atoms with E-state index in [0.717, 1.165) is 48.5 Å². The molecule has 2 saturated heterocycles. The number of carbonyl (C=O) groups excluding carboxylic acids is 7. The van der Waals surface area contributed by atoms with Gasteiger partial charge in [-0.3, -0.25) is 33.6 Å². The fourth-order valence-corrected chi connectivity index (χ4v) is 5.20. The smallest absolute Gasteiger partial charge is 0.303 e. The van der Waals surface area contributed by atoms with Crippen LogP contribution in [-0.2, 0) is 80.9 Å². The SMILES string of the molecule is CC(=O)OCC1OC(OC2C(COC(C)=O)OC(Oc3ccccc3)C(OC(C)=O)C2OC(C)=O)C(OC(C)=O)C(OC(C)=O)C1OC(C)=O. The van der Waals surface area contributed by atoms with Crippen molar-refractivity contribution in [2.24, 2.45) is 0 Å². The van der Waals surface area contributed by atoms with Gasteiger partial charge in [-0.25, -0.2) is 0 Å². The minimum Gasteiger partial charge on any atom is -0.463 e. The summed E-state index contributed by atoms with van der Waals surface area (Å²) in [6.45, 7) is 6.42. The van der Waals surface area contributed by atoms with Gasteiger partial charge in [0.1, 0.15) is 37.3 Å². The Kier molecular flexibility index (Phi) is 14.5. The minimum atomic E-state index is -1.79. The first-order valence-electron chi connectivity index (χ1n) is 15.4. The van der Waals surface area contributed by atoms with E-state index in [1.807, 2.05) is 0 Å². The van der Waals surface area contributed by atoms with Gasteiger partial charge in [0, 0.05) is 48.5 Å². The molecule has 2 aliphatic rings. The third kappa shape index (κ3) is 11.7. The summed E-state index contributed by atoms with van der Waals surface area (Å²) in [6.07, 6.45) is -15.5. The van der Waals surface area contributed by atoms with Crippen molar-refractivity contribution < 1.29 is 85.7 Å². The number of ether oxygens (including phenoxy) is 11. The summed E-state index contributed by atoms with van der Waals surface area (Å²) < 4.78 is 62.3. The van der Waals surface area contributed by atoms with Crippen molar-refractivity contribution in [1.29, 1.82) is 0 Å². The first kappa shape index (κ1) is 39.6. The average Bonchev–Trinajstić information content (AvgIpc) is 3.00. The molecule has 0 spiro atoms. The van der Waals surface area contributed by atoms with E-state index in [1.165, 1.54) is 0 Å². The highest BCUT2D eigenvalue weighted by Gasteiger charge is 2.58. The largest absolute Gasteiger partial charge is 0.463 e. The highest BCUT2D eigenvalue weighted by molar-refractivity contribution is 5.69. The molecule has 2 aliphatic heterocycles. The Labute approximate surface area is 286 Å². The number of hydrogen-bond acceptors (Lipinski definition) is 18. The van der Waals surface area contributed by atoms with E-state index in [4.69, 9.17) is 52.1 Å². The Morgan fingerprint density at radius 2 is 0.860 bits per heavy atom. The number of para-hydroxylation sites is 1. The maximum Gasteiger partial charge on any atom is 0.303 e. The molecule has 1 aromatic rings. The Morgan fingerprint density at radius 3 is 1.32 bits per heavy atom. The normalized spacial score (nSPS) is 28.9. The molecule has 18 nitrogen and oxygen atoms in total. The summed E-state index contributed by atoms with van der Waals surface area (Å²) in [5.41, 5.74) is 0. The van der Waals surface area contributed by atoms with Crippen LogP contribution >= 0.6 is 0 Å². The monoisotopic (exact) mass is 712 g/mol. The molecule has 0 aromatic heterocycles. The van der Waals surface area contributed by atoms with Gasteiger partial charge in [-0.15, -0.1) is 0 Å². The van der Waals surface area contributed by atoms with Crippen LogP contribution in [0.5, 0.6) is 5.75 Å². The predicted molar refractivity (Wildman–Crippen MR) is 160 cm³/mol. The lowest BCUT2D eigenvalue weighted by Gasteiger charge is -2.48. The average molecular weight is 713 g/mol. The van der Waals surface area contributed by atoms with Gasteiger partial charge in [-0.2, -0.15) is 0 Å². The first-order chi connectivity index (χ1) is 23.5. The molecule has 10 unspecified atom stereocenters. The summed E-state index contributed by atoms with van der Waals surface area (Å²) in [4.78, 5) is 85.3. The molecule has 3 rings (SSSR count). The van der Waals surface area contributed by atoms with Crippen molar-refractivity contribution in [3.8, 4) is 5.75 Å². The highest BCUT2D eigenvalue weighted by Crippen LogP contribution is 2.36. The quantitative estimate of drug-likeness (QED) is 0.203. The van der Waals surface area contributed by atoms with Gasteiger partial charge >= 0.3 is 41.8 Å². The maximum absolute atomic E-state index is 12.5. The van der Waals surface area contributed by atoms with Gasteiger partial charge in [0.2, 0.25) is 12.4 Å². The Hall–Kier alpha value is -4.81. The number of benzene rings is 1. The molecule has 1 aromatic carbocycles. The van der Waals surface area contributed by atoms with Gasteiger partial charge in [0.25, 0.3) is 0 Å². The second-order valence-corrected chi connectivity index (χ2v) is 11.1. The van der Waals surface area contributed by atoms with Crippen LogP contribution in [0, 0.1) is 0 Å². The van der Waals surface area contributed by atoms with Crippen LogP contribution in [-0.4, -0.2) is 116 Å². The lowest BCUT2D eigenvalue weighted by Crippen LogP contribution is -2.67. The van der Waals surface area contributed by atoms with E-state index in [9.17, 15) is 33.6 Å². The standard InChI is InChI=1S/C32H40O18/c1-15(33)40-13-23-25(42-17(3)35)27(43-18(4)36)30(46-21(7)39)32(49-23)50-26-24(14-41-16(2)34)48-31(47-22-11-9-8-10-12-22)29(45-20(6)38)28(26)44-19(5)37/h8-12,23-32H,13-14H2,1-7H3. The number of hydrogen-bond donors (Lipinski definition) is 0. The molecule has 2 fully saturated rings. The molecule has 0 radical (unpaired) electrons. The van der Waals surface area contributed by atoms with E-state index >= 15 is 0 Å². The Morgan fingerprint density at radius 1 is 0.480 bits per heavy atom. The molecule has 0 aliphatic carbocycles. The van der Waals surface area contributed by atoms with Gasteiger partial charge in [-0.05, 0) is 12.1 Å². The summed E-state index contributed by atoms with van der Waals surface area (Å²) >= 11 is 0. The number of carbonyl (C=O) groups is 7. The maximum atomic E-state index is 12.5. The second-order valence-electron chi connectivity index (χ2n) is 11.1. The molecule has 276 valence electrons.